The predicted molar refractivity (Wildman–Crippen MR) is 57.2 cm³/mol. The standard InChI is InChI=1S/C11H16N2O3/c1-3-13-7-12-6-8(13)11(4-5-11)9(16-2)10(14)15/h6-7,9H,3-5H2,1-2H3,(H,14,15). The lowest BCUT2D eigenvalue weighted by Gasteiger charge is -2.23. The lowest BCUT2D eigenvalue weighted by Crippen LogP contribution is -2.37. The zero-order valence-electron chi connectivity index (χ0n) is 9.51. The molecule has 1 unspecified atom stereocenters. The summed E-state index contributed by atoms with van der Waals surface area (Å²) in [4.78, 5) is 15.2. The molecule has 5 nitrogen and oxygen atoms in total. The van der Waals surface area contributed by atoms with Crippen molar-refractivity contribution in [1.82, 2.24) is 9.55 Å². The summed E-state index contributed by atoms with van der Waals surface area (Å²) in [5, 5.41) is 9.16. The molecular formula is C11H16N2O3. The van der Waals surface area contributed by atoms with Crippen LogP contribution in [0.1, 0.15) is 25.5 Å². The van der Waals surface area contributed by atoms with E-state index < -0.39 is 12.1 Å². The first-order valence-corrected chi connectivity index (χ1v) is 5.42. The molecule has 1 aliphatic rings. The SMILES string of the molecule is CCn1cncc1C1(C(OC)C(=O)O)CC1. The molecule has 1 N–H and O–H groups in total. The van der Waals surface area contributed by atoms with E-state index in [9.17, 15) is 4.79 Å². The first-order valence-electron chi connectivity index (χ1n) is 5.42. The van der Waals surface area contributed by atoms with Crippen molar-refractivity contribution >= 4 is 5.97 Å². The summed E-state index contributed by atoms with van der Waals surface area (Å²) in [7, 11) is 1.45. The smallest absolute Gasteiger partial charge is 0.333 e. The molecule has 16 heavy (non-hydrogen) atoms. The van der Waals surface area contributed by atoms with Gasteiger partial charge in [-0.1, -0.05) is 0 Å². The molecule has 1 aliphatic carbocycles. The lowest BCUT2D eigenvalue weighted by atomic mass is 9.95. The third kappa shape index (κ3) is 1.51. The van der Waals surface area contributed by atoms with E-state index in [4.69, 9.17) is 9.84 Å². The average Bonchev–Trinajstić information content (AvgIpc) is 2.90. The maximum absolute atomic E-state index is 11.2. The number of carbonyl (C=O) groups is 1. The maximum Gasteiger partial charge on any atom is 0.333 e. The highest BCUT2D eigenvalue weighted by Gasteiger charge is 2.56. The van der Waals surface area contributed by atoms with Gasteiger partial charge in [0.05, 0.1) is 6.33 Å². The van der Waals surface area contributed by atoms with Gasteiger partial charge in [-0.2, -0.15) is 0 Å². The zero-order valence-corrected chi connectivity index (χ0v) is 9.51. The van der Waals surface area contributed by atoms with Gasteiger partial charge in [0.1, 0.15) is 0 Å². The van der Waals surface area contributed by atoms with E-state index in [1.54, 1.807) is 12.5 Å². The molecule has 0 radical (unpaired) electrons. The molecule has 0 amide bonds. The summed E-state index contributed by atoms with van der Waals surface area (Å²) >= 11 is 0. The fourth-order valence-electron chi connectivity index (χ4n) is 2.34. The van der Waals surface area contributed by atoms with Gasteiger partial charge in [-0.3, -0.25) is 0 Å². The fraction of sp³-hybridized carbons (Fsp3) is 0.636. The van der Waals surface area contributed by atoms with E-state index >= 15 is 0 Å². The number of aryl methyl sites for hydroxylation is 1. The summed E-state index contributed by atoms with van der Waals surface area (Å²) in [5.41, 5.74) is 0.608. The van der Waals surface area contributed by atoms with Crippen LogP contribution in [0.2, 0.25) is 0 Å². The molecule has 1 fully saturated rings. The Hall–Kier alpha value is -1.36. The molecule has 1 aromatic heterocycles. The Bertz CT molecular complexity index is 396. The van der Waals surface area contributed by atoms with Crippen molar-refractivity contribution in [3.8, 4) is 0 Å². The number of ether oxygens (including phenoxy) is 1. The van der Waals surface area contributed by atoms with Gasteiger partial charge >= 0.3 is 5.97 Å². The minimum Gasteiger partial charge on any atom is -0.479 e. The average molecular weight is 224 g/mol. The summed E-state index contributed by atoms with van der Waals surface area (Å²) < 4.78 is 7.11. The Balaban J connectivity index is 2.35. The Morgan fingerprint density at radius 1 is 1.75 bits per heavy atom. The summed E-state index contributed by atoms with van der Waals surface area (Å²) in [5.74, 6) is -0.899. The second-order valence-corrected chi connectivity index (χ2v) is 4.18. The Kier molecular flexibility index (Phi) is 2.71. The van der Waals surface area contributed by atoms with Crippen LogP contribution in [0.15, 0.2) is 12.5 Å². The number of hydrogen-bond donors (Lipinski definition) is 1. The molecule has 0 spiro atoms. The summed E-state index contributed by atoms with van der Waals surface area (Å²) in [6.07, 6.45) is 4.43. The second kappa shape index (κ2) is 3.90. The van der Waals surface area contributed by atoms with E-state index in [0.29, 0.717) is 0 Å². The van der Waals surface area contributed by atoms with Crippen LogP contribution in [0, 0.1) is 0 Å². The van der Waals surface area contributed by atoms with Crippen molar-refractivity contribution in [2.45, 2.75) is 37.8 Å². The molecule has 0 saturated heterocycles. The van der Waals surface area contributed by atoms with E-state index in [1.165, 1.54) is 7.11 Å². The molecule has 5 heteroatoms. The number of hydrogen-bond acceptors (Lipinski definition) is 3. The highest BCUT2D eigenvalue weighted by Crippen LogP contribution is 2.51. The minimum atomic E-state index is -0.899. The van der Waals surface area contributed by atoms with Crippen LogP contribution >= 0.6 is 0 Å². The molecule has 0 aliphatic heterocycles. The molecule has 0 aromatic carbocycles. The van der Waals surface area contributed by atoms with Crippen molar-refractivity contribution in [2.75, 3.05) is 7.11 Å². The van der Waals surface area contributed by atoms with Gasteiger partial charge in [0.15, 0.2) is 6.10 Å². The van der Waals surface area contributed by atoms with Crippen molar-refractivity contribution in [3.63, 3.8) is 0 Å². The molecule has 1 atom stereocenters. The van der Waals surface area contributed by atoms with E-state index in [2.05, 4.69) is 4.98 Å². The van der Waals surface area contributed by atoms with Gasteiger partial charge in [0, 0.05) is 31.0 Å². The normalized spacial score (nSPS) is 19.4. The van der Waals surface area contributed by atoms with Gasteiger partial charge < -0.3 is 14.4 Å². The number of nitrogens with zero attached hydrogens (tertiary/aromatic N) is 2. The van der Waals surface area contributed by atoms with Crippen molar-refractivity contribution in [3.05, 3.63) is 18.2 Å². The molecular weight excluding hydrogens is 208 g/mol. The Morgan fingerprint density at radius 3 is 2.88 bits per heavy atom. The van der Waals surface area contributed by atoms with E-state index in [0.717, 1.165) is 25.1 Å². The molecule has 1 saturated carbocycles. The monoisotopic (exact) mass is 224 g/mol. The maximum atomic E-state index is 11.2. The van der Waals surface area contributed by atoms with Crippen molar-refractivity contribution in [2.24, 2.45) is 0 Å². The van der Waals surface area contributed by atoms with Crippen LogP contribution < -0.4 is 0 Å². The lowest BCUT2D eigenvalue weighted by molar-refractivity contribution is -0.150. The summed E-state index contributed by atoms with van der Waals surface area (Å²) in [6.45, 7) is 2.82. The first-order chi connectivity index (χ1) is 7.65. The highest BCUT2D eigenvalue weighted by molar-refractivity contribution is 5.75. The molecule has 88 valence electrons. The second-order valence-electron chi connectivity index (χ2n) is 4.18. The fourth-order valence-corrected chi connectivity index (χ4v) is 2.34. The molecule has 2 rings (SSSR count). The van der Waals surface area contributed by atoms with Crippen LogP contribution in [-0.4, -0.2) is 33.8 Å². The number of aliphatic carboxylic acids is 1. The Labute approximate surface area is 94.1 Å². The predicted octanol–water partition coefficient (Wildman–Crippen LogP) is 1.03. The van der Waals surface area contributed by atoms with Crippen LogP contribution in [0.4, 0.5) is 0 Å². The van der Waals surface area contributed by atoms with Gasteiger partial charge in [0.25, 0.3) is 0 Å². The van der Waals surface area contributed by atoms with E-state index in [-0.39, 0.29) is 5.41 Å². The molecule has 0 bridgehead atoms. The van der Waals surface area contributed by atoms with Crippen LogP contribution in [0.5, 0.6) is 0 Å². The van der Waals surface area contributed by atoms with Crippen LogP contribution in [-0.2, 0) is 21.5 Å². The molecule has 1 heterocycles. The van der Waals surface area contributed by atoms with Gasteiger partial charge in [-0.15, -0.1) is 0 Å². The largest absolute Gasteiger partial charge is 0.479 e. The molecule has 1 aromatic rings. The number of carboxylic acid groups (broad SMARTS) is 1. The van der Waals surface area contributed by atoms with E-state index in [1.807, 2.05) is 11.5 Å². The quantitative estimate of drug-likeness (QED) is 0.811. The third-order valence-electron chi connectivity index (χ3n) is 3.31. The number of carboxylic acids is 1. The first kappa shape index (κ1) is 11.1. The summed E-state index contributed by atoms with van der Waals surface area (Å²) in [6, 6.07) is 0. The third-order valence-corrected chi connectivity index (χ3v) is 3.31. The number of rotatable bonds is 5. The number of methoxy groups -OCH3 is 1. The van der Waals surface area contributed by atoms with Gasteiger partial charge in [0.2, 0.25) is 0 Å². The van der Waals surface area contributed by atoms with Gasteiger partial charge in [-0.25, -0.2) is 9.78 Å². The van der Waals surface area contributed by atoms with Crippen LogP contribution in [0.25, 0.3) is 0 Å². The van der Waals surface area contributed by atoms with Crippen molar-refractivity contribution in [1.29, 1.82) is 0 Å². The number of imidazole rings is 1. The van der Waals surface area contributed by atoms with Gasteiger partial charge in [-0.05, 0) is 19.8 Å². The van der Waals surface area contributed by atoms with Crippen LogP contribution in [0.3, 0.4) is 0 Å². The topological polar surface area (TPSA) is 64.4 Å². The number of aromatic nitrogens is 2. The van der Waals surface area contributed by atoms with Crippen molar-refractivity contribution < 1.29 is 14.6 Å². The Morgan fingerprint density at radius 2 is 2.44 bits per heavy atom. The zero-order chi connectivity index (χ0) is 11.8. The minimum absolute atomic E-state index is 0.368. The highest BCUT2D eigenvalue weighted by atomic mass is 16.5.